The van der Waals surface area contributed by atoms with Gasteiger partial charge in [-0.3, -0.25) is 4.79 Å². The minimum Gasteiger partial charge on any atom is -0.478 e. The van der Waals surface area contributed by atoms with Crippen LogP contribution in [0.3, 0.4) is 0 Å². The second kappa shape index (κ2) is 15.4. The van der Waals surface area contributed by atoms with Gasteiger partial charge >= 0.3 is 5.97 Å². The molecule has 0 fully saturated rings. The highest BCUT2D eigenvalue weighted by Crippen LogP contribution is 2.03. The Balaban J connectivity index is 0. The summed E-state index contributed by atoms with van der Waals surface area (Å²) in [5, 5.41) is 10.8. The Morgan fingerprint density at radius 1 is 1.25 bits per heavy atom. The first-order valence-corrected chi connectivity index (χ1v) is 6.88. The summed E-state index contributed by atoms with van der Waals surface area (Å²) in [6.45, 7) is 11.8. The van der Waals surface area contributed by atoms with Crippen LogP contribution in [0, 0.1) is 0 Å². The summed E-state index contributed by atoms with van der Waals surface area (Å²) in [6.07, 6.45) is 5.92. The molecule has 0 saturated heterocycles. The summed E-state index contributed by atoms with van der Waals surface area (Å²) in [5.41, 5.74) is 0.317. The van der Waals surface area contributed by atoms with Gasteiger partial charge in [-0.2, -0.15) is 0 Å². The van der Waals surface area contributed by atoms with Crippen LogP contribution in [0.25, 0.3) is 0 Å². The number of unbranched alkanes of at least 4 members (excludes halogenated alkanes) is 2. The van der Waals surface area contributed by atoms with Gasteiger partial charge in [0.15, 0.2) is 0 Å². The van der Waals surface area contributed by atoms with E-state index < -0.39 is 5.97 Å². The molecule has 0 aromatic carbocycles. The van der Waals surface area contributed by atoms with Crippen molar-refractivity contribution in [1.29, 1.82) is 0 Å². The maximum absolute atomic E-state index is 10.5. The van der Waals surface area contributed by atoms with E-state index >= 15 is 0 Å². The Labute approximate surface area is 121 Å². The van der Waals surface area contributed by atoms with Crippen LogP contribution >= 0.6 is 0 Å². The Morgan fingerprint density at radius 2 is 1.85 bits per heavy atom. The summed E-state index contributed by atoms with van der Waals surface area (Å²) in [6, 6.07) is 0. The number of nitrogens with one attached hydrogen (secondary N) is 1. The SMILES string of the molecule is C=C(CCCC)C(=O)O.C=CC(=O)NCOCCCC. The van der Waals surface area contributed by atoms with Gasteiger partial charge in [-0.1, -0.05) is 39.8 Å². The van der Waals surface area contributed by atoms with Crippen molar-refractivity contribution in [2.45, 2.75) is 46.0 Å². The third-order valence-corrected chi connectivity index (χ3v) is 2.31. The van der Waals surface area contributed by atoms with Crippen LogP contribution in [0.2, 0.25) is 0 Å². The number of hydrogen-bond donors (Lipinski definition) is 2. The van der Waals surface area contributed by atoms with Crippen molar-refractivity contribution in [3.8, 4) is 0 Å². The van der Waals surface area contributed by atoms with E-state index in [0.29, 0.717) is 18.6 Å². The number of carboxylic acid groups (broad SMARTS) is 1. The minimum atomic E-state index is -0.872. The highest BCUT2D eigenvalue weighted by Gasteiger charge is 2.00. The Morgan fingerprint density at radius 3 is 2.30 bits per heavy atom. The predicted octanol–water partition coefficient (Wildman–Crippen LogP) is 2.88. The van der Waals surface area contributed by atoms with Crippen molar-refractivity contribution >= 4 is 11.9 Å². The van der Waals surface area contributed by atoms with E-state index in [9.17, 15) is 9.59 Å². The first kappa shape index (κ1) is 20.7. The molecule has 0 aromatic rings. The molecule has 0 aliphatic heterocycles. The standard InChI is InChI=1S/C8H15NO2.C7H12O2/c1-3-5-6-11-7-9-8(10)4-2;1-3-4-5-6(2)7(8)9/h4H,2-3,5-7H2,1H3,(H,9,10);2-5H2,1H3,(H,8,9). The molecule has 0 spiro atoms. The molecule has 0 aliphatic carbocycles. The molecule has 0 aromatic heterocycles. The van der Waals surface area contributed by atoms with Gasteiger partial charge < -0.3 is 15.2 Å². The molecule has 2 N–H and O–H groups in total. The molecular weight excluding hydrogens is 258 g/mol. The molecular formula is C15H27NO4. The number of aliphatic carboxylic acids is 1. The molecule has 0 saturated carbocycles. The maximum atomic E-state index is 10.5. The number of rotatable bonds is 10. The average Bonchev–Trinajstić information content (AvgIpc) is 2.44. The van der Waals surface area contributed by atoms with Gasteiger partial charge in [0.25, 0.3) is 0 Å². The van der Waals surface area contributed by atoms with Crippen molar-refractivity contribution in [2.75, 3.05) is 13.3 Å². The second-order valence-corrected chi connectivity index (χ2v) is 4.16. The van der Waals surface area contributed by atoms with Crippen LogP contribution in [0.4, 0.5) is 0 Å². The van der Waals surface area contributed by atoms with Crippen molar-refractivity contribution in [3.05, 3.63) is 24.8 Å². The first-order valence-electron chi connectivity index (χ1n) is 6.88. The zero-order chi connectivity index (χ0) is 15.8. The van der Waals surface area contributed by atoms with Crippen LogP contribution in [0.1, 0.15) is 46.0 Å². The van der Waals surface area contributed by atoms with E-state index in [1.165, 1.54) is 6.08 Å². The zero-order valence-electron chi connectivity index (χ0n) is 12.6. The number of carboxylic acids is 1. The Bertz CT molecular complexity index is 300. The lowest BCUT2D eigenvalue weighted by atomic mass is 10.1. The number of carbonyl (C=O) groups excluding carboxylic acids is 1. The summed E-state index contributed by atoms with van der Waals surface area (Å²) >= 11 is 0. The van der Waals surface area contributed by atoms with Crippen LogP contribution in [0.5, 0.6) is 0 Å². The number of carbonyl (C=O) groups is 2. The molecule has 5 heteroatoms. The van der Waals surface area contributed by atoms with Gasteiger partial charge in [-0.25, -0.2) is 4.79 Å². The zero-order valence-corrected chi connectivity index (χ0v) is 12.6. The third-order valence-electron chi connectivity index (χ3n) is 2.31. The predicted molar refractivity (Wildman–Crippen MR) is 80.4 cm³/mol. The van der Waals surface area contributed by atoms with Crippen LogP contribution in [-0.2, 0) is 14.3 Å². The van der Waals surface area contributed by atoms with Gasteiger partial charge in [-0.05, 0) is 25.3 Å². The van der Waals surface area contributed by atoms with Gasteiger partial charge in [0.2, 0.25) is 5.91 Å². The summed E-state index contributed by atoms with van der Waals surface area (Å²) in [5.74, 6) is -1.06. The molecule has 20 heavy (non-hydrogen) atoms. The Hall–Kier alpha value is -1.62. The van der Waals surface area contributed by atoms with E-state index in [1.54, 1.807) is 0 Å². The summed E-state index contributed by atoms with van der Waals surface area (Å²) in [4.78, 5) is 20.6. The van der Waals surface area contributed by atoms with Gasteiger partial charge in [-0.15, -0.1) is 0 Å². The highest BCUT2D eigenvalue weighted by molar-refractivity contribution is 5.86. The largest absolute Gasteiger partial charge is 0.478 e. The average molecular weight is 285 g/mol. The molecule has 0 heterocycles. The molecule has 1 amide bonds. The number of amides is 1. The number of ether oxygens (including phenoxy) is 1. The third kappa shape index (κ3) is 16.4. The van der Waals surface area contributed by atoms with E-state index in [1.807, 2.05) is 6.92 Å². The van der Waals surface area contributed by atoms with Crippen molar-refractivity contribution in [2.24, 2.45) is 0 Å². The van der Waals surface area contributed by atoms with E-state index in [2.05, 4.69) is 25.4 Å². The van der Waals surface area contributed by atoms with Gasteiger partial charge in [0, 0.05) is 12.2 Å². The molecule has 0 radical (unpaired) electrons. The maximum Gasteiger partial charge on any atom is 0.330 e. The lowest BCUT2D eigenvalue weighted by Gasteiger charge is -2.02. The Kier molecular flexibility index (Phi) is 16.0. The van der Waals surface area contributed by atoms with Crippen molar-refractivity contribution in [3.63, 3.8) is 0 Å². The fourth-order valence-electron chi connectivity index (χ4n) is 1.01. The van der Waals surface area contributed by atoms with Crippen LogP contribution in [-0.4, -0.2) is 30.3 Å². The summed E-state index contributed by atoms with van der Waals surface area (Å²) in [7, 11) is 0. The fourth-order valence-corrected chi connectivity index (χ4v) is 1.01. The van der Waals surface area contributed by atoms with Crippen LogP contribution < -0.4 is 5.32 Å². The minimum absolute atomic E-state index is 0.193. The summed E-state index contributed by atoms with van der Waals surface area (Å²) < 4.78 is 5.07. The molecule has 0 bridgehead atoms. The van der Waals surface area contributed by atoms with Crippen LogP contribution in [0.15, 0.2) is 24.8 Å². The first-order chi connectivity index (χ1) is 9.49. The van der Waals surface area contributed by atoms with E-state index in [4.69, 9.17) is 9.84 Å². The molecule has 0 unspecified atom stereocenters. The van der Waals surface area contributed by atoms with Gasteiger partial charge in [0.05, 0.1) is 0 Å². The van der Waals surface area contributed by atoms with Gasteiger partial charge in [0.1, 0.15) is 6.73 Å². The molecule has 0 atom stereocenters. The van der Waals surface area contributed by atoms with Crippen molar-refractivity contribution < 1.29 is 19.4 Å². The second-order valence-electron chi connectivity index (χ2n) is 4.16. The van der Waals surface area contributed by atoms with E-state index in [0.717, 1.165) is 25.7 Å². The molecule has 0 rings (SSSR count). The highest BCUT2D eigenvalue weighted by atomic mass is 16.5. The molecule has 116 valence electrons. The number of hydrogen-bond acceptors (Lipinski definition) is 3. The monoisotopic (exact) mass is 285 g/mol. The van der Waals surface area contributed by atoms with Crippen molar-refractivity contribution in [1.82, 2.24) is 5.32 Å². The fraction of sp³-hybridized carbons (Fsp3) is 0.600. The lowest BCUT2D eigenvalue weighted by Crippen LogP contribution is -2.23. The normalized spacial score (nSPS) is 9.10. The smallest absolute Gasteiger partial charge is 0.330 e. The molecule has 5 nitrogen and oxygen atoms in total. The quantitative estimate of drug-likeness (QED) is 0.367. The lowest BCUT2D eigenvalue weighted by molar-refractivity contribution is -0.132. The molecule has 0 aliphatic rings. The van der Waals surface area contributed by atoms with E-state index in [-0.39, 0.29) is 12.6 Å². The topological polar surface area (TPSA) is 75.6 Å².